The van der Waals surface area contributed by atoms with Crippen LogP contribution in [0.3, 0.4) is 0 Å². The van der Waals surface area contributed by atoms with E-state index in [4.69, 9.17) is 9.47 Å². The van der Waals surface area contributed by atoms with Gasteiger partial charge in [-0.25, -0.2) is 0 Å². The number of ether oxygens (including phenoxy) is 2. The highest BCUT2D eigenvalue weighted by atomic mass is 16.5. The molecule has 2 aromatic carbocycles. The molecule has 5 N–H and O–H groups in total. The van der Waals surface area contributed by atoms with Gasteiger partial charge in [0, 0.05) is 28.8 Å². The summed E-state index contributed by atoms with van der Waals surface area (Å²) in [5.41, 5.74) is 0.809. The van der Waals surface area contributed by atoms with E-state index in [0.29, 0.717) is 12.0 Å². The number of hydrogen-bond acceptors (Lipinski definition) is 8. The third-order valence-electron chi connectivity index (χ3n) is 6.15. The van der Waals surface area contributed by atoms with E-state index in [1.165, 1.54) is 12.1 Å². The molecule has 2 aliphatic heterocycles. The molecule has 2 aromatic rings. The van der Waals surface area contributed by atoms with E-state index in [1.807, 2.05) is 19.9 Å². The highest BCUT2D eigenvalue weighted by Gasteiger charge is 2.45. The Hall–Kier alpha value is -3.23. The predicted molar refractivity (Wildman–Crippen MR) is 119 cm³/mol. The largest absolute Gasteiger partial charge is 0.508 e. The van der Waals surface area contributed by atoms with Crippen LogP contribution in [0.5, 0.6) is 28.7 Å². The molecule has 0 saturated carbocycles. The number of allylic oxidation sites excluding steroid dienone is 2. The van der Waals surface area contributed by atoms with Crippen molar-refractivity contribution in [3.8, 4) is 28.7 Å². The smallest absolute Gasteiger partial charge is 0.174 e. The lowest BCUT2D eigenvalue weighted by molar-refractivity contribution is -0.112. The van der Waals surface area contributed by atoms with Gasteiger partial charge in [0.05, 0.1) is 6.42 Å². The minimum absolute atomic E-state index is 0.00492. The number of Topliss-reactive ketones (excluding diaryl/α,β-unsaturated/α-hetero) is 1. The molecule has 0 aliphatic carbocycles. The van der Waals surface area contributed by atoms with Gasteiger partial charge in [-0.2, -0.15) is 0 Å². The second-order valence-electron chi connectivity index (χ2n) is 9.36. The van der Waals surface area contributed by atoms with Crippen molar-refractivity contribution in [3.05, 3.63) is 52.1 Å². The van der Waals surface area contributed by atoms with Crippen LogP contribution in [0.2, 0.25) is 0 Å². The second kappa shape index (κ2) is 7.97. The third-order valence-corrected chi connectivity index (χ3v) is 6.15. The van der Waals surface area contributed by atoms with E-state index in [9.17, 15) is 30.3 Å². The number of aromatic hydroxyl groups is 3. The number of carbonyl (C=O) groups is 1. The van der Waals surface area contributed by atoms with Crippen molar-refractivity contribution >= 4 is 5.78 Å². The number of fused-ring (bicyclic) bond motifs is 2. The first-order valence-corrected chi connectivity index (χ1v) is 10.7. The molecule has 0 amide bonds. The maximum absolute atomic E-state index is 12.8. The highest BCUT2D eigenvalue weighted by molar-refractivity contribution is 6.02. The molecule has 3 atom stereocenters. The fourth-order valence-electron chi connectivity index (χ4n) is 4.31. The summed E-state index contributed by atoms with van der Waals surface area (Å²) in [6.45, 7) is 7.13. The zero-order chi connectivity index (χ0) is 24.2. The van der Waals surface area contributed by atoms with Crippen molar-refractivity contribution in [2.45, 2.75) is 64.4 Å². The summed E-state index contributed by atoms with van der Waals surface area (Å²) in [4.78, 5) is 12.8. The van der Waals surface area contributed by atoms with E-state index in [0.717, 1.165) is 11.6 Å². The van der Waals surface area contributed by atoms with Gasteiger partial charge in [-0.1, -0.05) is 11.6 Å². The summed E-state index contributed by atoms with van der Waals surface area (Å²) in [6, 6.07) is 3.76. The highest BCUT2D eigenvalue weighted by Crippen LogP contribution is 2.50. The molecular formula is C25H28O8. The number of ketones is 1. The van der Waals surface area contributed by atoms with Gasteiger partial charge in [0.1, 0.15) is 58.2 Å². The number of hydrogen-bond donors (Lipinski definition) is 5. The number of rotatable bonds is 3. The quantitative estimate of drug-likeness (QED) is 0.442. The molecule has 8 nitrogen and oxygen atoms in total. The minimum atomic E-state index is -1.28. The van der Waals surface area contributed by atoms with Crippen molar-refractivity contribution in [1.82, 2.24) is 0 Å². The summed E-state index contributed by atoms with van der Waals surface area (Å²) >= 11 is 0. The zero-order valence-electron chi connectivity index (χ0n) is 18.9. The standard InChI is InChI=1S/C25H28O8/c1-11(2)5-6-13-21(29)14(9-15-22(30)24(31)25(3,4)33-23(13)15)18-10-17(28)20-16(27)7-12(26)8-19(20)32-18/h5,7-9,18,22,24,26-27,29-31H,6,10H2,1-4H3. The number of benzene rings is 2. The first-order chi connectivity index (χ1) is 15.4. The van der Waals surface area contributed by atoms with Crippen molar-refractivity contribution in [3.63, 3.8) is 0 Å². The van der Waals surface area contributed by atoms with E-state index < -0.39 is 29.7 Å². The molecule has 0 fully saturated rings. The van der Waals surface area contributed by atoms with E-state index in [1.54, 1.807) is 13.8 Å². The van der Waals surface area contributed by atoms with Crippen LogP contribution in [0.15, 0.2) is 29.8 Å². The van der Waals surface area contributed by atoms with Crippen LogP contribution in [-0.2, 0) is 6.42 Å². The molecule has 0 saturated heterocycles. The predicted octanol–water partition coefficient (Wildman–Crippen LogP) is 3.58. The molecule has 0 spiro atoms. The van der Waals surface area contributed by atoms with E-state index in [2.05, 4.69) is 0 Å². The van der Waals surface area contributed by atoms with Crippen LogP contribution in [0.25, 0.3) is 0 Å². The van der Waals surface area contributed by atoms with E-state index in [-0.39, 0.29) is 51.9 Å². The summed E-state index contributed by atoms with van der Waals surface area (Å²) in [5, 5.41) is 52.6. The maximum Gasteiger partial charge on any atom is 0.174 e. The number of carbonyl (C=O) groups excluding carboxylic acids is 1. The summed E-state index contributed by atoms with van der Waals surface area (Å²) in [7, 11) is 0. The van der Waals surface area contributed by atoms with Gasteiger partial charge >= 0.3 is 0 Å². The molecule has 33 heavy (non-hydrogen) atoms. The summed E-state index contributed by atoms with van der Waals surface area (Å²) in [5.74, 6) is -0.936. The fourth-order valence-corrected chi connectivity index (χ4v) is 4.31. The molecule has 176 valence electrons. The van der Waals surface area contributed by atoms with Crippen molar-refractivity contribution < 1.29 is 39.8 Å². The van der Waals surface area contributed by atoms with Crippen LogP contribution in [-0.4, -0.2) is 43.0 Å². The molecular weight excluding hydrogens is 428 g/mol. The summed E-state index contributed by atoms with van der Waals surface area (Å²) < 4.78 is 11.9. The number of phenols is 3. The number of aliphatic hydroxyl groups excluding tert-OH is 2. The molecule has 0 bridgehead atoms. The average molecular weight is 456 g/mol. The van der Waals surface area contributed by atoms with Gasteiger partial charge in [-0.05, 0) is 40.2 Å². The topological polar surface area (TPSA) is 137 Å². The molecule has 0 aromatic heterocycles. The molecule has 2 aliphatic rings. The minimum Gasteiger partial charge on any atom is -0.508 e. The molecule has 4 rings (SSSR count). The van der Waals surface area contributed by atoms with E-state index >= 15 is 0 Å². The normalized spacial score (nSPS) is 23.1. The lowest BCUT2D eigenvalue weighted by Gasteiger charge is -2.41. The Morgan fingerprint density at radius 1 is 1.12 bits per heavy atom. The number of phenolic OH excluding ortho intramolecular Hbond substituents is 3. The van der Waals surface area contributed by atoms with Crippen LogP contribution < -0.4 is 9.47 Å². The van der Waals surface area contributed by atoms with Crippen LogP contribution >= 0.6 is 0 Å². The van der Waals surface area contributed by atoms with Crippen LogP contribution in [0, 0.1) is 0 Å². The van der Waals surface area contributed by atoms with Crippen molar-refractivity contribution in [2.75, 3.05) is 0 Å². The van der Waals surface area contributed by atoms with Gasteiger partial charge < -0.3 is 35.0 Å². The van der Waals surface area contributed by atoms with Crippen LogP contribution in [0.1, 0.15) is 73.4 Å². The van der Waals surface area contributed by atoms with Gasteiger partial charge in [0.25, 0.3) is 0 Å². The SMILES string of the molecule is CC(C)=CCc1c(O)c(C2CC(=O)c3c(O)cc(O)cc3O2)cc2c1OC(C)(C)C(O)C2O. The fraction of sp³-hybridized carbons (Fsp3) is 0.400. The van der Waals surface area contributed by atoms with Crippen molar-refractivity contribution in [2.24, 2.45) is 0 Å². The Morgan fingerprint density at radius 3 is 2.48 bits per heavy atom. The van der Waals surface area contributed by atoms with Gasteiger partial charge in [0.2, 0.25) is 0 Å². The second-order valence-corrected chi connectivity index (χ2v) is 9.36. The van der Waals surface area contributed by atoms with Gasteiger partial charge in [-0.3, -0.25) is 4.79 Å². The Kier molecular flexibility index (Phi) is 5.54. The molecule has 3 unspecified atom stereocenters. The molecule has 2 heterocycles. The third kappa shape index (κ3) is 3.89. The Bertz CT molecular complexity index is 1160. The summed E-state index contributed by atoms with van der Waals surface area (Å²) in [6.07, 6.45) is -1.44. The van der Waals surface area contributed by atoms with Crippen LogP contribution in [0.4, 0.5) is 0 Å². The molecule has 8 heteroatoms. The molecule has 0 radical (unpaired) electrons. The Balaban J connectivity index is 1.87. The first-order valence-electron chi connectivity index (χ1n) is 10.7. The number of aliphatic hydroxyl groups is 2. The van der Waals surface area contributed by atoms with Gasteiger partial charge in [0.15, 0.2) is 5.78 Å². The first kappa shape index (κ1) is 22.9. The zero-order valence-corrected chi connectivity index (χ0v) is 18.9. The average Bonchev–Trinajstić information content (AvgIpc) is 2.70. The Labute approximate surface area is 191 Å². The monoisotopic (exact) mass is 456 g/mol. The Morgan fingerprint density at radius 2 is 1.82 bits per heavy atom. The maximum atomic E-state index is 12.8. The lowest BCUT2D eigenvalue weighted by atomic mass is 9.84. The van der Waals surface area contributed by atoms with Gasteiger partial charge in [-0.15, -0.1) is 0 Å². The van der Waals surface area contributed by atoms with Crippen molar-refractivity contribution in [1.29, 1.82) is 0 Å². The lowest BCUT2D eigenvalue weighted by Crippen LogP contribution is -2.49.